The number of nitrogens with zero attached hydrogens (tertiary/aromatic N) is 2. The molecule has 1 heterocycles. The number of hydrogen-bond acceptors (Lipinski definition) is 4. The lowest BCUT2D eigenvalue weighted by atomic mass is 9.91. The highest BCUT2D eigenvalue weighted by Crippen LogP contribution is 2.30. The fraction of sp³-hybridized carbons (Fsp3) is 0.222. The summed E-state index contributed by atoms with van der Waals surface area (Å²) in [6.45, 7) is 2.15. The van der Waals surface area contributed by atoms with Gasteiger partial charge in [0.1, 0.15) is 5.76 Å². The molecule has 3 aromatic carbocycles. The molecule has 6 nitrogen and oxygen atoms in total. The Morgan fingerprint density at radius 1 is 1.03 bits per heavy atom. The van der Waals surface area contributed by atoms with E-state index in [-0.39, 0.29) is 29.7 Å². The number of carbonyl (C=O) groups is 2. The smallest absolute Gasteiger partial charge is 0.358 e. The molecule has 0 spiro atoms. The Hall–Kier alpha value is -3.93. The Labute approximate surface area is 192 Å². The van der Waals surface area contributed by atoms with Crippen LogP contribution in [0, 0.1) is 0 Å². The molecule has 0 saturated carbocycles. The van der Waals surface area contributed by atoms with Crippen LogP contribution in [0.15, 0.2) is 77.5 Å². The van der Waals surface area contributed by atoms with E-state index in [4.69, 9.17) is 4.42 Å². The third kappa shape index (κ3) is 4.80. The summed E-state index contributed by atoms with van der Waals surface area (Å²) in [5.41, 5.74) is 2.67. The predicted molar refractivity (Wildman–Crippen MR) is 128 cm³/mol. The first-order chi connectivity index (χ1) is 16.0. The summed E-state index contributed by atoms with van der Waals surface area (Å²) < 4.78 is 5.29. The van der Waals surface area contributed by atoms with Gasteiger partial charge in [-0.15, -0.1) is 0 Å². The zero-order chi connectivity index (χ0) is 23.4. The Morgan fingerprint density at radius 3 is 2.58 bits per heavy atom. The topological polar surface area (TPSA) is 83.6 Å². The molecule has 1 amide bonds. The van der Waals surface area contributed by atoms with E-state index in [2.05, 4.69) is 42.2 Å². The van der Waals surface area contributed by atoms with Crippen molar-refractivity contribution in [2.45, 2.75) is 32.1 Å². The zero-order valence-electron chi connectivity index (χ0n) is 18.7. The molecule has 1 atom stereocenters. The van der Waals surface area contributed by atoms with E-state index in [0.717, 1.165) is 24.1 Å². The summed E-state index contributed by atoms with van der Waals surface area (Å²) >= 11 is 0. The van der Waals surface area contributed by atoms with Crippen molar-refractivity contribution in [1.82, 2.24) is 4.98 Å². The van der Waals surface area contributed by atoms with Crippen LogP contribution in [0.5, 0.6) is 0 Å². The molecular formula is C27H26N2O4. The minimum absolute atomic E-state index is 0.00515. The fourth-order valence-corrected chi connectivity index (χ4v) is 4.21. The Morgan fingerprint density at radius 2 is 1.76 bits per heavy atom. The number of benzene rings is 3. The standard InChI is InChI=1S/C27H26N2O4/c1-18(21-12-7-10-19-8-3-5-11-22(19)21)14-15-25(30)29(2)23-13-6-4-9-20(23)16-24-26(27(31)32)28-17-33-24/h3-13,17-18H,14-16H2,1-2H3,(H,31,32). The molecule has 1 aromatic heterocycles. The quantitative estimate of drug-likeness (QED) is 0.380. The van der Waals surface area contributed by atoms with Gasteiger partial charge in [0.05, 0.1) is 0 Å². The van der Waals surface area contributed by atoms with Gasteiger partial charge in [-0.2, -0.15) is 0 Å². The van der Waals surface area contributed by atoms with Crippen molar-refractivity contribution in [1.29, 1.82) is 0 Å². The molecule has 1 unspecified atom stereocenters. The molecule has 0 saturated heterocycles. The van der Waals surface area contributed by atoms with Gasteiger partial charge in [0.25, 0.3) is 0 Å². The molecule has 6 heteroatoms. The summed E-state index contributed by atoms with van der Waals surface area (Å²) in [5, 5.41) is 11.7. The second-order valence-corrected chi connectivity index (χ2v) is 8.20. The van der Waals surface area contributed by atoms with Crippen LogP contribution < -0.4 is 4.90 Å². The van der Waals surface area contributed by atoms with Crippen LogP contribution in [0.3, 0.4) is 0 Å². The normalized spacial score (nSPS) is 11.9. The summed E-state index contributed by atoms with van der Waals surface area (Å²) in [7, 11) is 1.75. The average molecular weight is 443 g/mol. The molecule has 168 valence electrons. The highest BCUT2D eigenvalue weighted by Gasteiger charge is 2.20. The fourth-order valence-electron chi connectivity index (χ4n) is 4.21. The van der Waals surface area contributed by atoms with Crippen LogP contribution in [0.2, 0.25) is 0 Å². The largest absolute Gasteiger partial charge is 0.476 e. The van der Waals surface area contributed by atoms with E-state index in [0.29, 0.717) is 6.42 Å². The number of para-hydroxylation sites is 1. The number of aromatic carboxylic acids is 1. The van der Waals surface area contributed by atoms with Crippen molar-refractivity contribution in [3.63, 3.8) is 0 Å². The third-order valence-electron chi connectivity index (χ3n) is 6.07. The maximum atomic E-state index is 13.1. The van der Waals surface area contributed by atoms with Crippen LogP contribution in [0.4, 0.5) is 5.69 Å². The molecule has 0 fully saturated rings. The van der Waals surface area contributed by atoms with E-state index in [1.165, 1.54) is 16.3 Å². The van der Waals surface area contributed by atoms with E-state index in [1.54, 1.807) is 11.9 Å². The number of fused-ring (bicyclic) bond motifs is 1. The first-order valence-corrected chi connectivity index (χ1v) is 10.9. The number of carboxylic acids is 1. The molecule has 0 radical (unpaired) electrons. The van der Waals surface area contributed by atoms with E-state index >= 15 is 0 Å². The summed E-state index contributed by atoms with van der Waals surface area (Å²) in [6.07, 6.45) is 2.50. The van der Waals surface area contributed by atoms with Crippen molar-refractivity contribution >= 4 is 28.3 Å². The maximum Gasteiger partial charge on any atom is 0.358 e. The molecule has 1 N–H and O–H groups in total. The Bertz CT molecular complexity index is 1290. The predicted octanol–water partition coefficient (Wildman–Crippen LogP) is 5.66. The van der Waals surface area contributed by atoms with Crippen molar-refractivity contribution in [2.75, 3.05) is 11.9 Å². The van der Waals surface area contributed by atoms with Gasteiger partial charge in [-0.05, 0) is 40.3 Å². The molecule has 4 aromatic rings. The van der Waals surface area contributed by atoms with E-state index < -0.39 is 5.97 Å². The van der Waals surface area contributed by atoms with E-state index in [9.17, 15) is 14.7 Å². The Kier molecular flexibility index (Phi) is 6.54. The van der Waals surface area contributed by atoms with Crippen LogP contribution in [0.25, 0.3) is 10.8 Å². The van der Waals surface area contributed by atoms with Gasteiger partial charge in [0.2, 0.25) is 5.91 Å². The van der Waals surface area contributed by atoms with Crippen LogP contribution in [0.1, 0.15) is 53.1 Å². The second kappa shape index (κ2) is 9.69. The molecule has 0 aliphatic heterocycles. The second-order valence-electron chi connectivity index (χ2n) is 8.20. The van der Waals surface area contributed by atoms with Gasteiger partial charge in [-0.25, -0.2) is 9.78 Å². The van der Waals surface area contributed by atoms with E-state index in [1.807, 2.05) is 36.4 Å². The third-order valence-corrected chi connectivity index (χ3v) is 6.07. The first kappa shape index (κ1) is 22.3. The SMILES string of the molecule is CC(CCC(=O)N(C)c1ccccc1Cc1ocnc1C(=O)O)c1cccc2ccccc12. The van der Waals surface area contributed by atoms with Crippen LogP contribution in [-0.2, 0) is 11.2 Å². The maximum absolute atomic E-state index is 13.1. The van der Waals surface area contributed by atoms with Gasteiger partial charge in [-0.3, -0.25) is 4.79 Å². The number of oxazole rings is 1. The highest BCUT2D eigenvalue weighted by molar-refractivity contribution is 5.94. The van der Waals surface area contributed by atoms with Gasteiger partial charge in [0.15, 0.2) is 12.1 Å². The van der Waals surface area contributed by atoms with Crippen molar-refractivity contribution in [3.05, 3.63) is 95.7 Å². The van der Waals surface area contributed by atoms with Gasteiger partial charge in [-0.1, -0.05) is 67.6 Å². The zero-order valence-corrected chi connectivity index (χ0v) is 18.7. The van der Waals surface area contributed by atoms with Gasteiger partial charge < -0.3 is 14.4 Å². The minimum Gasteiger partial charge on any atom is -0.476 e. The van der Waals surface area contributed by atoms with Crippen LogP contribution >= 0.6 is 0 Å². The summed E-state index contributed by atoms with van der Waals surface area (Å²) in [5.74, 6) is -0.634. The van der Waals surface area contributed by atoms with Gasteiger partial charge in [0, 0.05) is 25.6 Å². The molecule has 0 bridgehead atoms. The monoisotopic (exact) mass is 442 g/mol. The number of carboxylic acid groups (broad SMARTS) is 1. The van der Waals surface area contributed by atoms with Gasteiger partial charge >= 0.3 is 5.97 Å². The highest BCUT2D eigenvalue weighted by atomic mass is 16.4. The first-order valence-electron chi connectivity index (χ1n) is 10.9. The average Bonchev–Trinajstić information content (AvgIpc) is 3.30. The van der Waals surface area contributed by atoms with Crippen molar-refractivity contribution in [3.8, 4) is 0 Å². The number of amides is 1. The van der Waals surface area contributed by atoms with Crippen molar-refractivity contribution in [2.24, 2.45) is 0 Å². The molecular weight excluding hydrogens is 416 g/mol. The number of anilines is 1. The Balaban J connectivity index is 1.47. The lowest BCUT2D eigenvalue weighted by Gasteiger charge is -2.22. The van der Waals surface area contributed by atoms with Crippen LogP contribution in [-0.4, -0.2) is 29.0 Å². The molecule has 0 aliphatic carbocycles. The molecule has 33 heavy (non-hydrogen) atoms. The molecule has 0 aliphatic rings. The number of rotatable bonds is 8. The number of carbonyl (C=O) groups excluding carboxylic acids is 1. The lowest BCUT2D eigenvalue weighted by Crippen LogP contribution is -2.27. The summed E-state index contributed by atoms with van der Waals surface area (Å²) in [4.78, 5) is 29.8. The number of hydrogen-bond donors (Lipinski definition) is 1. The number of aromatic nitrogens is 1. The molecule has 4 rings (SSSR count). The summed E-state index contributed by atoms with van der Waals surface area (Å²) in [6, 6.07) is 22.0. The van der Waals surface area contributed by atoms with Crippen molar-refractivity contribution < 1.29 is 19.1 Å². The minimum atomic E-state index is -1.14. The lowest BCUT2D eigenvalue weighted by molar-refractivity contribution is -0.118.